The molecule has 0 aromatic heterocycles. The van der Waals surface area contributed by atoms with Gasteiger partial charge in [-0.1, -0.05) is 30.3 Å². The normalized spacial score (nSPS) is 14.7. The van der Waals surface area contributed by atoms with Crippen LogP contribution in [-0.4, -0.2) is 16.0 Å². The lowest BCUT2D eigenvalue weighted by atomic mass is 10.1. The fourth-order valence-electron chi connectivity index (χ4n) is 2.54. The second-order valence-electron chi connectivity index (χ2n) is 5.50. The first-order valence-corrected chi connectivity index (χ1v) is 7.08. The molecular weight excluding hydrogens is 248 g/mol. The van der Waals surface area contributed by atoms with Crippen LogP contribution < -0.4 is 5.73 Å². The Morgan fingerprint density at radius 2 is 1.85 bits per heavy atom. The van der Waals surface area contributed by atoms with Crippen molar-refractivity contribution in [2.24, 2.45) is 0 Å². The van der Waals surface area contributed by atoms with Gasteiger partial charge in [-0.2, -0.15) is 0 Å². The van der Waals surface area contributed by atoms with Crippen LogP contribution >= 0.6 is 0 Å². The van der Waals surface area contributed by atoms with Gasteiger partial charge in [-0.15, -0.1) is 0 Å². The number of nitrogens with zero attached hydrogens (tertiary/aromatic N) is 1. The summed E-state index contributed by atoms with van der Waals surface area (Å²) in [6, 6.07) is 16.2. The fraction of sp³-hybridized carbons (Fsp3) is 0.294. The molecule has 0 atom stereocenters. The van der Waals surface area contributed by atoms with Crippen LogP contribution in [0.25, 0.3) is 0 Å². The van der Waals surface area contributed by atoms with Crippen LogP contribution in [0, 0.1) is 0 Å². The van der Waals surface area contributed by atoms with E-state index in [9.17, 15) is 5.11 Å². The number of para-hydroxylation sites is 1. The Morgan fingerprint density at radius 3 is 2.55 bits per heavy atom. The monoisotopic (exact) mass is 268 g/mol. The van der Waals surface area contributed by atoms with Crippen LogP contribution in [0.5, 0.6) is 5.75 Å². The average molecular weight is 268 g/mol. The third kappa shape index (κ3) is 3.11. The highest BCUT2D eigenvalue weighted by molar-refractivity contribution is 5.46. The highest BCUT2D eigenvalue weighted by Gasteiger charge is 2.29. The summed E-state index contributed by atoms with van der Waals surface area (Å²) in [5.41, 5.74) is 9.22. The summed E-state index contributed by atoms with van der Waals surface area (Å²) >= 11 is 0. The number of rotatable bonds is 5. The summed E-state index contributed by atoms with van der Waals surface area (Å²) in [7, 11) is 0. The zero-order chi connectivity index (χ0) is 13.9. The minimum absolute atomic E-state index is 0.331. The zero-order valence-electron chi connectivity index (χ0n) is 11.5. The van der Waals surface area contributed by atoms with Crippen molar-refractivity contribution in [3.63, 3.8) is 0 Å². The molecule has 1 saturated carbocycles. The van der Waals surface area contributed by atoms with Crippen molar-refractivity contribution in [2.75, 3.05) is 5.73 Å². The van der Waals surface area contributed by atoms with E-state index in [0.29, 0.717) is 11.8 Å². The van der Waals surface area contributed by atoms with Crippen LogP contribution in [0.2, 0.25) is 0 Å². The van der Waals surface area contributed by atoms with Crippen molar-refractivity contribution in [3.8, 4) is 5.75 Å². The predicted octanol–water partition coefficient (Wildman–Crippen LogP) is 3.14. The topological polar surface area (TPSA) is 49.5 Å². The fourth-order valence-corrected chi connectivity index (χ4v) is 2.54. The molecule has 3 rings (SSSR count). The summed E-state index contributed by atoms with van der Waals surface area (Å²) in [5, 5.41) is 9.58. The van der Waals surface area contributed by atoms with E-state index in [-0.39, 0.29) is 0 Å². The summed E-state index contributed by atoms with van der Waals surface area (Å²) in [4.78, 5) is 2.44. The molecule has 0 heterocycles. The Morgan fingerprint density at radius 1 is 1.05 bits per heavy atom. The average Bonchev–Trinajstić information content (AvgIpc) is 3.25. The van der Waals surface area contributed by atoms with Crippen molar-refractivity contribution in [2.45, 2.75) is 32.0 Å². The van der Waals surface area contributed by atoms with E-state index in [1.54, 1.807) is 6.07 Å². The van der Waals surface area contributed by atoms with Crippen LogP contribution in [0.1, 0.15) is 24.0 Å². The molecule has 0 unspecified atom stereocenters. The van der Waals surface area contributed by atoms with Gasteiger partial charge in [0.15, 0.2) is 0 Å². The molecule has 0 spiro atoms. The number of nitrogen functional groups attached to an aromatic ring is 1. The minimum Gasteiger partial charge on any atom is -0.508 e. The molecule has 2 aromatic rings. The van der Waals surface area contributed by atoms with Gasteiger partial charge in [0, 0.05) is 24.8 Å². The maximum absolute atomic E-state index is 9.58. The smallest absolute Gasteiger partial charge is 0.115 e. The Hall–Kier alpha value is -2.00. The lowest BCUT2D eigenvalue weighted by molar-refractivity contribution is 0.246. The van der Waals surface area contributed by atoms with Crippen molar-refractivity contribution >= 4 is 5.69 Å². The van der Waals surface area contributed by atoms with Crippen molar-refractivity contribution in [1.29, 1.82) is 0 Å². The number of benzene rings is 2. The number of aromatic hydroxyl groups is 1. The van der Waals surface area contributed by atoms with Crippen LogP contribution in [0.4, 0.5) is 5.69 Å². The Balaban J connectivity index is 1.75. The molecule has 20 heavy (non-hydrogen) atoms. The third-order valence-corrected chi connectivity index (χ3v) is 3.79. The summed E-state index contributed by atoms with van der Waals surface area (Å²) in [5.74, 6) is 0.331. The van der Waals surface area contributed by atoms with Gasteiger partial charge in [0.1, 0.15) is 5.75 Å². The molecule has 1 fully saturated rings. The minimum atomic E-state index is 0.331. The van der Waals surface area contributed by atoms with Crippen LogP contribution in [-0.2, 0) is 13.1 Å². The molecule has 104 valence electrons. The lowest BCUT2D eigenvalue weighted by Gasteiger charge is -2.23. The summed E-state index contributed by atoms with van der Waals surface area (Å²) in [6.45, 7) is 1.72. The quantitative estimate of drug-likeness (QED) is 0.819. The van der Waals surface area contributed by atoms with Crippen molar-refractivity contribution in [3.05, 3.63) is 59.7 Å². The Bertz CT molecular complexity index is 593. The first kappa shape index (κ1) is 13.0. The summed E-state index contributed by atoms with van der Waals surface area (Å²) in [6.07, 6.45) is 2.51. The largest absolute Gasteiger partial charge is 0.508 e. The van der Waals surface area contributed by atoms with Crippen LogP contribution in [0.15, 0.2) is 48.5 Å². The van der Waals surface area contributed by atoms with E-state index < -0.39 is 0 Å². The molecule has 0 radical (unpaired) electrons. The van der Waals surface area contributed by atoms with E-state index >= 15 is 0 Å². The molecule has 0 saturated heterocycles. The van der Waals surface area contributed by atoms with Gasteiger partial charge in [-0.25, -0.2) is 0 Å². The third-order valence-electron chi connectivity index (χ3n) is 3.79. The Labute approximate surface area is 119 Å². The molecule has 3 heteroatoms. The standard InChI is InChI=1S/C17H20N2O/c18-17-7-2-1-5-14(17)12-19(15-8-9-15)11-13-4-3-6-16(20)10-13/h1-7,10,15,20H,8-9,11-12,18H2. The molecular formula is C17H20N2O. The van der Waals surface area contributed by atoms with E-state index in [1.807, 2.05) is 30.3 Å². The van der Waals surface area contributed by atoms with E-state index in [2.05, 4.69) is 17.0 Å². The molecule has 3 nitrogen and oxygen atoms in total. The molecule has 0 aliphatic heterocycles. The first-order valence-electron chi connectivity index (χ1n) is 7.08. The van der Waals surface area contributed by atoms with Gasteiger partial charge in [-0.05, 0) is 42.2 Å². The van der Waals surface area contributed by atoms with Gasteiger partial charge < -0.3 is 10.8 Å². The highest BCUT2D eigenvalue weighted by Crippen LogP contribution is 2.31. The molecule has 1 aliphatic carbocycles. The van der Waals surface area contributed by atoms with E-state index in [4.69, 9.17) is 5.73 Å². The molecule has 0 bridgehead atoms. The second kappa shape index (κ2) is 5.55. The second-order valence-corrected chi connectivity index (χ2v) is 5.50. The number of nitrogens with two attached hydrogens (primary N) is 1. The molecule has 0 amide bonds. The summed E-state index contributed by atoms with van der Waals surface area (Å²) < 4.78 is 0. The van der Waals surface area contributed by atoms with Gasteiger partial charge in [0.25, 0.3) is 0 Å². The zero-order valence-corrected chi connectivity index (χ0v) is 11.5. The number of hydrogen-bond acceptors (Lipinski definition) is 3. The number of anilines is 1. The van der Waals surface area contributed by atoms with Gasteiger partial charge >= 0.3 is 0 Å². The maximum atomic E-state index is 9.58. The van der Waals surface area contributed by atoms with E-state index in [1.165, 1.54) is 18.4 Å². The van der Waals surface area contributed by atoms with Crippen LogP contribution in [0.3, 0.4) is 0 Å². The van der Waals surface area contributed by atoms with Gasteiger partial charge in [-0.3, -0.25) is 4.90 Å². The Kier molecular flexibility index (Phi) is 3.61. The number of phenols is 1. The van der Waals surface area contributed by atoms with Gasteiger partial charge in [0.05, 0.1) is 0 Å². The van der Waals surface area contributed by atoms with Gasteiger partial charge in [0.2, 0.25) is 0 Å². The van der Waals surface area contributed by atoms with E-state index in [0.717, 1.165) is 24.3 Å². The number of phenolic OH excluding ortho intramolecular Hbond substituents is 1. The first-order chi connectivity index (χ1) is 9.72. The SMILES string of the molecule is Nc1ccccc1CN(Cc1cccc(O)c1)C1CC1. The number of hydrogen-bond donors (Lipinski definition) is 2. The van der Waals surface area contributed by atoms with Crippen molar-refractivity contribution in [1.82, 2.24) is 4.90 Å². The molecule has 2 aromatic carbocycles. The molecule has 1 aliphatic rings. The molecule has 3 N–H and O–H groups in total. The predicted molar refractivity (Wildman–Crippen MR) is 81.2 cm³/mol. The van der Waals surface area contributed by atoms with Crippen molar-refractivity contribution < 1.29 is 5.11 Å². The lowest BCUT2D eigenvalue weighted by Crippen LogP contribution is -2.25. The maximum Gasteiger partial charge on any atom is 0.115 e. The highest BCUT2D eigenvalue weighted by atomic mass is 16.3.